The summed E-state index contributed by atoms with van der Waals surface area (Å²) in [6.45, 7) is 4.10. The van der Waals surface area contributed by atoms with Crippen LogP contribution in [-0.2, 0) is 0 Å². The second kappa shape index (κ2) is 7.27. The Morgan fingerprint density at radius 1 is 1.24 bits per heavy atom. The molecule has 0 aromatic heterocycles. The summed E-state index contributed by atoms with van der Waals surface area (Å²) in [4.78, 5) is 12.1. The highest BCUT2D eigenvalue weighted by Gasteiger charge is 2.07. The lowest BCUT2D eigenvalue weighted by molar-refractivity contribution is 0.102. The Labute approximate surface area is 133 Å². The molecule has 2 rings (SSSR count). The van der Waals surface area contributed by atoms with Gasteiger partial charge in [0.1, 0.15) is 5.75 Å². The van der Waals surface area contributed by atoms with Crippen LogP contribution < -0.4 is 10.1 Å². The molecule has 110 valence electrons. The van der Waals surface area contributed by atoms with Crippen LogP contribution in [0.3, 0.4) is 0 Å². The van der Waals surface area contributed by atoms with Crippen LogP contribution in [0.25, 0.3) is 0 Å². The summed E-state index contributed by atoms with van der Waals surface area (Å²) in [5.41, 5.74) is 1.36. The maximum atomic E-state index is 12.1. The number of anilines is 1. The number of hydrogen-bond donors (Lipinski definition) is 1. The maximum Gasteiger partial charge on any atom is 0.255 e. The van der Waals surface area contributed by atoms with E-state index in [-0.39, 0.29) is 12.0 Å². The van der Waals surface area contributed by atoms with E-state index in [1.165, 1.54) is 0 Å². The number of carbonyl (C=O) groups is 1. The first-order chi connectivity index (χ1) is 10.1. The van der Waals surface area contributed by atoms with E-state index in [4.69, 9.17) is 4.74 Å². The summed E-state index contributed by atoms with van der Waals surface area (Å²) < 4.78 is 6.62. The van der Waals surface area contributed by atoms with Gasteiger partial charge in [-0.05, 0) is 55.8 Å². The van der Waals surface area contributed by atoms with E-state index in [2.05, 4.69) is 28.2 Å². The Balaban J connectivity index is 2.03. The van der Waals surface area contributed by atoms with Gasteiger partial charge in [-0.25, -0.2) is 0 Å². The van der Waals surface area contributed by atoms with Crippen LogP contribution in [0.1, 0.15) is 30.6 Å². The second-order valence-electron chi connectivity index (χ2n) is 4.83. The number of carbonyl (C=O) groups excluding carboxylic acids is 1. The van der Waals surface area contributed by atoms with Gasteiger partial charge in [0.05, 0.1) is 6.10 Å². The van der Waals surface area contributed by atoms with Gasteiger partial charge >= 0.3 is 0 Å². The van der Waals surface area contributed by atoms with E-state index < -0.39 is 0 Å². The number of hydrogen-bond acceptors (Lipinski definition) is 2. The first-order valence-electron chi connectivity index (χ1n) is 6.92. The van der Waals surface area contributed by atoms with Crippen LogP contribution in [0, 0.1) is 0 Å². The molecule has 1 amide bonds. The van der Waals surface area contributed by atoms with Crippen LogP contribution in [0.5, 0.6) is 5.75 Å². The van der Waals surface area contributed by atoms with E-state index in [1.807, 2.05) is 43.3 Å². The summed E-state index contributed by atoms with van der Waals surface area (Å²) in [6, 6.07) is 14.7. The van der Waals surface area contributed by atoms with Crippen molar-refractivity contribution in [2.45, 2.75) is 26.4 Å². The molecule has 0 bridgehead atoms. The fourth-order valence-corrected chi connectivity index (χ4v) is 2.17. The van der Waals surface area contributed by atoms with Gasteiger partial charge in [-0.1, -0.05) is 28.9 Å². The van der Waals surface area contributed by atoms with Crippen molar-refractivity contribution in [2.24, 2.45) is 0 Å². The molecule has 3 nitrogen and oxygen atoms in total. The van der Waals surface area contributed by atoms with Crippen molar-refractivity contribution in [3.05, 3.63) is 58.6 Å². The minimum absolute atomic E-state index is 0.136. The molecule has 1 N–H and O–H groups in total. The van der Waals surface area contributed by atoms with Crippen molar-refractivity contribution >= 4 is 27.5 Å². The average molecular weight is 348 g/mol. The molecule has 0 aliphatic heterocycles. The summed E-state index contributed by atoms with van der Waals surface area (Å²) >= 11 is 3.38. The Kier molecular flexibility index (Phi) is 5.39. The van der Waals surface area contributed by atoms with E-state index >= 15 is 0 Å². The molecule has 0 saturated heterocycles. The lowest BCUT2D eigenvalue weighted by atomic mass is 10.2. The topological polar surface area (TPSA) is 38.3 Å². The zero-order chi connectivity index (χ0) is 15.2. The Hall–Kier alpha value is -1.81. The molecule has 0 saturated carbocycles. The van der Waals surface area contributed by atoms with Gasteiger partial charge < -0.3 is 10.1 Å². The molecule has 0 heterocycles. The smallest absolute Gasteiger partial charge is 0.255 e. The molecular formula is C17H18BrNO2. The molecule has 0 aliphatic rings. The number of ether oxygens (including phenoxy) is 1. The summed E-state index contributed by atoms with van der Waals surface area (Å²) in [5, 5.41) is 2.86. The quantitative estimate of drug-likeness (QED) is 0.836. The summed E-state index contributed by atoms with van der Waals surface area (Å²) in [7, 11) is 0. The van der Waals surface area contributed by atoms with Crippen LogP contribution in [0.15, 0.2) is 53.0 Å². The normalized spacial score (nSPS) is 11.8. The minimum Gasteiger partial charge on any atom is -0.491 e. The van der Waals surface area contributed by atoms with Crippen molar-refractivity contribution in [3.8, 4) is 5.75 Å². The average Bonchev–Trinajstić information content (AvgIpc) is 2.47. The summed E-state index contributed by atoms with van der Waals surface area (Å²) in [6.07, 6.45) is 1.12. The van der Waals surface area contributed by atoms with Gasteiger partial charge in [0, 0.05) is 15.7 Å². The lowest BCUT2D eigenvalue weighted by Gasteiger charge is -2.12. The largest absolute Gasteiger partial charge is 0.491 e. The molecule has 0 radical (unpaired) electrons. The Morgan fingerprint density at radius 3 is 2.57 bits per heavy atom. The van der Waals surface area contributed by atoms with Crippen molar-refractivity contribution in [1.29, 1.82) is 0 Å². The number of amides is 1. The van der Waals surface area contributed by atoms with Crippen molar-refractivity contribution in [1.82, 2.24) is 0 Å². The van der Waals surface area contributed by atoms with Crippen molar-refractivity contribution < 1.29 is 9.53 Å². The highest BCUT2D eigenvalue weighted by Crippen LogP contribution is 2.18. The standard InChI is InChI=1S/C17H18BrNO2/c1-3-12(2)21-16-9-7-13(8-10-16)17(20)19-15-6-4-5-14(18)11-15/h4-12H,3H2,1-2H3,(H,19,20). The number of nitrogens with one attached hydrogen (secondary N) is 1. The van der Waals surface area contributed by atoms with Crippen molar-refractivity contribution in [2.75, 3.05) is 5.32 Å². The molecule has 1 atom stereocenters. The monoisotopic (exact) mass is 347 g/mol. The fraction of sp³-hybridized carbons (Fsp3) is 0.235. The van der Waals surface area contributed by atoms with Gasteiger partial charge in [0.2, 0.25) is 0 Å². The van der Waals surface area contributed by atoms with E-state index in [9.17, 15) is 4.79 Å². The van der Waals surface area contributed by atoms with Gasteiger partial charge in [-0.15, -0.1) is 0 Å². The van der Waals surface area contributed by atoms with Gasteiger partial charge in [-0.3, -0.25) is 4.79 Å². The molecule has 4 heteroatoms. The first kappa shape index (κ1) is 15.6. The van der Waals surface area contributed by atoms with Gasteiger partial charge in [0.15, 0.2) is 0 Å². The highest BCUT2D eigenvalue weighted by molar-refractivity contribution is 9.10. The van der Waals surface area contributed by atoms with Gasteiger partial charge in [-0.2, -0.15) is 0 Å². The number of rotatable bonds is 5. The third-order valence-electron chi connectivity index (χ3n) is 3.11. The molecule has 21 heavy (non-hydrogen) atoms. The zero-order valence-corrected chi connectivity index (χ0v) is 13.7. The SMILES string of the molecule is CCC(C)Oc1ccc(C(=O)Nc2cccc(Br)c2)cc1. The number of benzene rings is 2. The number of halogens is 1. The Morgan fingerprint density at radius 2 is 1.95 bits per heavy atom. The maximum absolute atomic E-state index is 12.1. The molecule has 2 aromatic rings. The molecule has 0 fully saturated rings. The Bertz CT molecular complexity index is 610. The molecule has 0 spiro atoms. The van der Waals surface area contributed by atoms with E-state index in [0.717, 1.165) is 22.3 Å². The van der Waals surface area contributed by atoms with Crippen LogP contribution in [-0.4, -0.2) is 12.0 Å². The predicted molar refractivity (Wildman–Crippen MR) is 88.9 cm³/mol. The molecule has 1 unspecified atom stereocenters. The first-order valence-corrected chi connectivity index (χ1v) is 7.71. The van der Waals surface area contributed by atoms with Crippen LogP contribution in [0.2, 0.25) is 0 Å². The lowest BCUT2D eigenvalue weighted by Crippen LogP contribution is -2.12. The van der Waals surface area contributed by atoms with Crippen molar-refractivity contribution in [3.63, 3.8) is 0 Å². The second-order valence-corrected chi connectivity index (χ2v) is 5.74. The van der Waals surface area contributed by atoms with Crippen LogP contribution in [0.4, 0.5) is 5.69 Å². The van der Waals surface area contributed by atoms with Gasteiger partial charge in [0.25, 0.3) is 5.91 Å². The molecule has 0 aliphatic carbocycles. The third-order valence-corrected chi connectivity index (χ3v) is 3.60. The van der Waals surface area contributed by atoms with E-state index in [1.54, 1.807) is 12.1 Å². The van der Waals surface area contributed by atoms with Crippen LogP contribution >= 0.6 is 15.9 Å². The fourth-order valence-electron chi connectivity index (χ4n) is 1.77. The highest BCUT2D eigenvalue weighted by atomic mass is 79.9. The zero-order valence-electron chi connectivity index (χ0n) is 12.1. The molecular weight excluding hydrogens is 330 g/mol. The predicted octanol–water partition coefficient (Wildman–Crippen LogP) is 4.88. The third kappa shape index (κ3) is 4.60. The minimum atomic E-state index is -0.136. The van der Waals surface area contributed by atoms with E-state index in [0.29, 0.717) is 5.56 Å². The molecule has 2 aromatic carbocycles. The summed E-state index contributed by atoms with van der Waals surface area (Å²) in [5.74, 6) is 0.645.